The molecular formula is C23H21ClN2O4S. The van der Waals surface area contributed by atoms with Crippen LogP contribution in [0.4, 0.5) is 0 Å². The van der Waals surface area contributed by atoms with E-state index < -0.39 is 22.6 Å². The van der Waals surface area contributed by atoms with Crippen LogP contribution in [0.2, 0.25) is 5.02 Å². The number of benzene rings is 3. The zero-order valence-electron chi connectivity index (χ0n) is 16.8. The number of carbonyl (C=O) groups excluding carboxylic acids is 2. The number of nitrogens with one attached hydrogen (secondary N) is 2. The highest BCUT2D eigenvalue weighted by atomic mass is 35.5. The Labute approximate surface area is 188 Å². The lowest BCUT2D eigenvalue weighted by Crippen LogP contribution is -2.41. The highest BCUT2D eigenvalue weighted by Crippen LogP contribution is 2.17. The first kappa shape index (κ1) is 22.5. The second kappa shape index (κ2) is 10.7. The van der Waals surface area contributed by atoms with Crippen molar-refractivity contribution in [3.8, 4) is 5.75 Å². The molecule has 0 radical (unpaired) electrons. The summed E-state index contributed by atoms with van der Waals surface area (Å²) in [5.41, 5.74) is 7.24. The van der Waals surface area contributed by atoms with Crippen LogP contribution in [0.15, 0.2) is 72.8 Å². The summed E-state index contributed by atoms with van der Waals surface area (Å²) in [7, 11) is -1.01. The largest absolute Gasteiger partial charge is 0.489 e. The molecule has 2 amide bonds. The van der Waals surface area contributed by atoms with Gasteiger partial charge in [0.1, 0.15) is 12.4 Å². The summed E-state index contributed by atoms with van der Waals surface area (Å²) < 4.78 is 17.0. The Bertz CT molecular complexity index is 1090. The minimum atomic E-state index is -1.01. The molecular weight excluding hydrogens is 436 g/mol. The lowest BCUT2D eigenvalue weighted by molar-refractivity contribution is 0.0846. The van der Waals surface area contributed by atoms with Crippen LogP contribution in [-0.2, 0) is 23.2 Å². The van der Waals surface area contributed by atoms with Crippen molar-refractivity contribution >= 4 is 34.2 Å². The maximum atomic E-state index is 12.3. The molecule has 3 aromatic rings. The highest BCUT2D eigenvalue weighted by Gasteiger charge is 2.10. The van der Waals surface area contributed by atoms with Crippen LogP contribution in [0.25, 0.3) is 0 Å². The van der Waals surface area contributed by atoms with E-state index >= 15 is 0 Å². The van der Waals surface area contributed by atoms with Crippen LogP contribution in [0, 0.1) is 0 Å². The summed E-state index contributed by atoms with van der Waals surface area (Å²) in [4.78, 5) is 24.6. The molecule has 1 unspecified atom stereocenters. The molecule has 0 saturated heterocycles. The van der Waals surface area contributed by atoms with Gasteiger partial charge in [-0.2, -0.15) is 0 Å². The third kappa shape index (κ3) is 6.94. The van der Waals surface area contributed by atoms with Crippen LogP contribution in [-0.4, -0.2) is 22.3 Å². The number of rotatable bonds is 7. The van der Waals surface area contributed by atoms with Crippen molar-refractivity contribution in [2.75, 3.05) is 6.26 Å². The van der Waals surface area contributed by atoms with Crippen LogP contribution >= 0.6 is 11.6 Å². The molecule has 0 saturated carbocycles. The van der Waals surface area contributed by atoms with E-state index in [-0.39, 0.29) is 0 Å². The van der Waals surface area contributed by atoms with Gasteiger partial charge in [-0.15, -0.1) is 0 Å². The Balaban J connectivity index is 1.51. The molecule has 1 atom stereocenters. The molecule has 0 spiro atoms. The molecule has 2 N–H and O–H groups in total. The van der Waals surface area contributed by atoms with Gasteiger partial charge in [0.05, 0.1) is 0 Å². The normalized spacial score (nSPS) is 11.4. The van der Waals surface area contributed by atoms with E-state index in [1.807, 2.05) is 0 Å². The van der Waals surface area contributed by atoms with Crippen molar-refractivity contribution in [1.29, 1.82) is 0 Å². The molecule has 3 aromatic carbocycles. The van der Waals surface area contributed by atoms with Gasteiger partial charge in [0, 0.05) is 39.0 Å². The van der Waals surface area contributed by atoms with Gasteiger partial charge in [0.2, 0.25) is 0 Å². The molecule has 160 valence electrons. The van der Waals surface area contributed by atoms with Crippen LogP contribution < -0.4 is 15.6 Å². The van der Waals surface area contributed by atoms with Gasteiger partial charge < -0.3 is 4.74 Å². The monoisotopic (exact) mass is 456 g/mol. The quantitative estimate of drug-likeness (QED) is 0.528. The summed E-state index contributed by atoms with van der Waals surface area (Å²) >= 11 is 5.85. The first-order valence-corrected chi connectivity index (χ1v) is 11.5. The first-order chi connectivity index (χ1) is 14.9. The van der Waals surface area contributed by atoms with Crippen molar-refractivity contribution in [1.82, 2.24) is 10.9 Å². The van der Waals surface area contributed by atoms with Crippen LogP contribution in [0.5, 0.6) is 5.75 Å². The Kier molecular flexibility index (Phi) is 7.81. The summed E-state index contributed by atoms with van der Waals surface area (Å²) in [6.45, 7) is 0.346. The fourth-order valence-corrected chi connectivity index (χ4v) is 3.52. The third-order valence-electron chi connectivity index (χ3n) is 4.28. The van der Waals surface area contributed by atoms with Crippen molar-refractivity contribution < 1.29 is 18.5 Å². The molecule has 0 fully saturated rings. The molecule has 0 aliphatic heterocycles. The summed E-state index contributed by atoms with van der Waals surface area (Å²) in [5, 5.41) is 0.639. The average Bonchev–Trinajstić information content (AvgIpc) is 2.77. The zero-order chi connectivity index (χ0) is 22.2. The number of halogens is 1. The van der Waals surface area contributed by atoms with Crippen molar-refractivity contribution in [3.05, 3.63) is 100 Å². The SMILES string of the molecule is CS(=O)Cc1cccc(C(=O)NNC(=O)c2ccc(COc3ccc(Cl)cc3)cc2)c1. The number of hydrogen-bond acceptors (Lipinski definition) is 4. The second-order valence-corrected chi connectivity index (χ2v) is 8.64. The Morgan fingerprint density at radius 2 is 1.52 bits per heavy atom. The third-order valence-corrected chi connectivity index (χ3v) is 5.28. The van der Waals surface area contributed by atoms with E-state index in [2.05, 4.69) is 10.9 Å². The summed E-state index contributed by atoms with van der Waals surface area (Å²) in [6, 6.07) is 20.7. The van der Waals surface area contributed by atoms with Gasteiger partial charge >= 0.3 is 0 Å². The molecule has 0 aromatic heterocycles. The maximum absolute atomic E-state index is 12.3. The van der Waals surface area contributed by atoms with Crippen LogP contribution in [0.1, 0.15) is 31.8 Å². The van der Waals surface area contributed by atoms with Crippen molar-refractivity contribution in [2.24, 2.45) is 0 Å². The molecule has 8 heteroatoms. The number of hydrogen-bond donors (Lipinski definition) is 2. The predicted molar refractivity (Wildman–Crippen MR) is 121 cm³/mol. The highest BCUT2D eigenvalue weighted by molar-refractivity contribution is 7.83. The smallest absolute Gasteiger partial charge is 0.269 e. The van der Waals surface area contributed by atoms with Gasteiger partial charge in [-0.25, -0.2) is 0 Å². The van der Waals surface area contributed by atoms with Crippen molar-refractivity contribution in [2.45, 2.75) is 12.4 Å². The summed E-state index contributed by atoms with van der Waals surface area (Å²) in [6.07, 6.45) is 1.60. The topological polar surface area (TPSA) is 84.5 Å². The van der Waals surface area contributed by atoms with Gasteiger partial charge in [-0.1, -0.05) is 35.9 Å². The van der Waals surface area contributed by atoms with Crippen molar-refractivity contribution in [3.63, 3.8) is 0 Å². The predicted octanol–water partition coefficient (Wildman–Crippen LogP) is 3.87. The van der Waals surface area contributed by atoms with Crippen LogP contribution in [0.3, 0.4) is 0 Å². The number of carbonyl (C=O) groups is 2. The van der Waals surface area contributed by atoms with Gasteiger partial charge in [0.25, 0.3) is 11.8 Å². The van der Waals surface area contributed by atoms with E-state index in [0.29, 0.717) is 34.3 Å². The first-order valence-electron chi connectivity index (χ1n) is 9.37. The standard InChI is InChI=1S/C23H21ClN2O4S/c1-31(29)15-17-3-2-4-19(13-17)23(28)26-25-22(27)18-7-5-16(6-8-18)14-30-21-11-9-20(24)10-12-21/h2-13H,14-15H2,1H3,(H,25,27)(H,26,28). The van der Waals surface area contributed by atoms with E-state index in [4.69, 9.17) is 16.3 Å². The minimum absolute atomic E-state index is 0.346. The summed E-state index contributed by atoms with van der Waals surface area (Å²) in [5.74, 6) is 0.166. The molecule has 0 aliphatic rings. The second-order valence-electron chi connectivity index (χ2n) is 6.77. The lowest BCUT2D eigenvalue weighted by Gasteiger charge is -2.09. The number of hydrazine groups is 1. The Morgan fingerprint density at radius 1 is 0.871 bits per heavy atom. The minimum Gasteiger partial charge on any atom is -0.489 e. The zero-order valence-corrected chi connectivity index (χ0v) is 18.3. The molecule has 0 aliphatic carbocycles. The number of ether oxygens (including phenoxy) is 1. The number of amides is 2. The lowest BCUT2D eigenvalue weighted by atomic mass is 10.1. The van der Waals surface area contributed by atoms with E-state index in [0.717, 1.165) is 11.1 Å². The Morgan fingerprint density at radius 3 is 2.16 bits per heavy atom. The fourth-order valence-electron chi connectivity index (χ4n) is 2.74. The molecule has 31 heavy (non-hydrogen) atoms. The van der Waals surface area contributed by atoms with Gasteiger partial charge in [0.15, 0.2) is 0 Å². The average molecular weight is 457 g/mol. The fraction of sp³-hybridized carbons (Fsp3) is 0.130. The molecule has 3 rings (SSSR count). The molecule has 0 heterocycles. The van der Waals surface area contributed by atoms with E-state index in [1.165, 1.54) is 0 Å². The molecule has 6 nitrogen and oxygen atoms in total. The van der Waals surface area contributed by atoms with E-state index in [9.17, 15) is 13.8 Å². The Hall–Kier alpha value is -3.16. The van der Waals surface area contributed by atoms with Gasteiger partial charge in [-0.3, -0.25) is 24.6 Å². The maximum Gasteiger partial charge on any atom is 0.269 e. The molecule has 0 bridgehead atoms. The van der Waals surface area contributed by atoms with Gasteiger partial charge in [-0.05, 0) is 59.7 Å². The van der Waals surface area contributed by atoms with E-state index in [1.54, 1.807) is 79.1 Å².